The number of nitrogens with one attached hydrogen (secondary N) is 1. The van der Waals surface area contributed by atoms with E-state index >= 15 is 0 Å². The summed E-state index contributed by atoms with van der Waals surface area (Å²) in [7, 11) is 5.02. The lowest BCUT2D eigenvalue weighted by Crippen LogP contribution is -2.83. The lowest BCUT2D eigenvalue weighted by Gasteiger charge is -2.70. The minimum absolute atomic E-state index is 0.0532. The molecule has 1 saturated heterocycles. The summed E-state index contributed by atoms with van der Waals surface area (Å²) < 4.78 is 25.2. The van der Waals surface area contributed by atoms with E-state index in [2.05, 4.69) is 27.1 Å². The standard InChI is InChI=1S/C35H43ClN4O8/c1-5-40-17-32(48-31(42)18-8-6-7-9-21(18)39-30(41)22-15-38-27(36)16-37-22)11-10-26(46-3)34-24(32)13-20(28(34)40)33(43)14-23(45-2)19-12-25(34)35(33,44)29(19)47-4/h6-9,15-16,19-20,23-26,28-29,43-44H,5,10-14,17H2,1-4H3,(H,39,41)/t19-,20+,23+,24-,25+,26+,28?,29+,32-,33+,34+,35+/m1/s1. The largest absolute Gasteiger partial charge is 0.454 e. The number of likely N-dealkylation sites (tertiary alicyclic amines) is 1. The van der Waals surface area contributed by atoms with E-state index in [4.69, 9.17) is 30.5 Å². The Bertz CT molecular complexity index is 1630. The molecule has 1 aliphatic heterocycles. The monoisotopic (exact) mass is 682 g/mol. The van der Waals surface area contributed by atoms with Crippen LogP contribution in [0.2, 0.25) is 5.15 Å². The summed E-state index contributed by atoms with van der Waals surface area (Å²) in [5.74, 6) is -2.06. The van der Waals surface area contributed by atoms with Crippen LogP contribution in [0.25, 0.3) is 0 Å². The van der Waals surface area contributed by atoms with Gasteiger partial charge in [-0.15, -0.1) is 0 Å². The van der Waals surface area contributed by atoms with Crippen molar-refractivity contribution in [3.8, 4) is 0 Å². The van der Waals surface area contributed by atoms with Gasteiger partial charge in [-0.05, 0) is 44.4 Å². The summed E-state index contributed by atoms with van der Waals surface area (Å²) in [5.41, 5.74) is -3.95. The molecule has 7 bridgehead atoms. The highest BCUT2D eigenvalue weighted by Crippen LogP contribution is 2.79. The first kappa shape index (κ1) is 32.5. The van der Waals surface area contributed by atoms with Gasteiger partial charge in [-0.2, -0.15) is 0 Å². The summed E-state index contributed by atoms with van der Waals surface area (Å²) >= 11 is 5.85. The van der Waals surface area contributed by atoms with Crippen molar-refractivity contribution in [3.63, 3.8) is 0 Å². The molecule has 48 heavy (non-hydrogen) atoms. The van der Waals surface area contributed by atoms with Gasteiger partial charge in [-0.3, -0.25) is 9.69 Å². The lowest BCUT2D eigenvalue weighted by atomic mass is 9.44. The van der Waals surface area contributed by atoms with Crippen LogP contribution in [0.15, 0.2) is 36.7 Å². The number of aromatic nitrogens is 2. The Kier molecular flexibility index (Phi) is 7.55. The molecule has 0 radical (unpaired) electrons. The van der Waals surface area contributed by atoms with Crippen molar-refractivity contribution >= 4 is 29.2 Å². The number of hydrogen-bond acceptors (Lipinski definition) is 11. The second kappa shape index (κ2) is 11.1. The van der Waals surface area contributed by atoms with Gasteiger partial charge in [0.25, 0.3) is 5.91 Å². The van der Waals surface area contributed by atoms with E-state index < -0.39 is 40.2 Å². The number of carbonyl (C=O) groups is 2. The highest BCUT2D eigenvalue weighted by Gasteiger charge is 2.89. The molecule has 258 valence electrons. The maximum atomic E-state index is 14.4. The van der Waals surface area contributed by atoms with Crippen LogP contribution in [0.4, 0.5) is 5.69 Å². The normalized spacial score (nSPS) is 43.6. The molecule has 12 atom stereocenters. The third kappa shape index (κ3) is 3.93. The van der Waals surface area contributed by atoms with Crippen molar-refractivity contribution < 1.29 is 38.7 Å². The van der Waals surface area contributed by atoms with Gasteiger partial charge in [0.2, 0.25) is 0 Å². The topological polar surface area (TPSA) is 153 Å². The average molecular weight is 683 g/mol. The zero-order valence-corrected chi connectivity index (χ0v) is 28.4. The van der Waals surface area contributed by atoms with E-state index in [0.717, 1.165) is 0 Å². The zero-order valence-electron chi connectivity index (χ0n) is 27.6. The Morgan fingerprint density at radius 1 is 1.06 bits per heavy atom. The third-order valence-electron chi connectivity index (χ3n) is 13.4. The number of anilines is 1. The molecule has 1 aromatic carbocycles. The average Bonchev–Trinajstić information content (AvgIpc) is 3.51. The number of rotatable bonds is 8. The van der Waals surface area contributed by atoms with Gasteiger partial charge in [0.1, 0.15) is 27.7 Å². The summed E-state index contributed by atoms with van der Waals surface area (Å²) in [4.78, 5) is 37.8. The first-order valence-electron chi connectivity index (χ1n) is 16.9. The molecule has 1 amide bonds. The highest BCUT2D eigenvalue weighted by molar-refractivity contribution is 6.29. The van der Waals surface area contributed by atoms with Crippen molar-refractivity contribution in [1.82, 2.24) is 14.9 Å². The fraction of sp³-hybridized carbons (Fsp3) is 0.657. The molecule has 12 nitrogen and oxygen atoms in total. The van der Waals surface area contributed by atoms with Crippen molar-refractivity contribution in [1.29, 1.82) is 0 Å². The second-order valence-corrected chi connectivity index (χ2v) is 15.1. The predicted molar refractivity (Wildman–Crippen MR) is 172 cm³/mol. The SMILES string of the molecule is CCN1C[C@]2(OC(=O)c3ccccc3NC(=O)c3cnc(Cl)cn3)CC[C@H](OC)[C@]34C1[C@H](C[C@H]23)[C@@]1(O)C[C@H](OC)[C@H]2C[C@@H]4[C@]1(O)[C@H]2OC. The van der Waals surface area contributed by atoms with Crippen LogP contribution in [-0.4, -0.2) is 113 Å². The molecule has 5 aliphatic carbocycles. The summed E-state index contributed by atoms with van der Waals surface area (Å²) in [6.45, 7) is 3.27. The maximum absolute atomic E-state index is 14.4. The Labute approximate surface area is 284 Å². The van der Waals surface area contributed by atoms with Crippen molar-refractivity contribution in [2.24, 2.45) is 29.1 Å². The van der Waals surface area contributed by atoms with Gasteiger partial charge in [0.15, 0.2) is 0 Å². The molecule has 5 saturated carbocycles. The fourth-order valence-corrected chi connectivity index (χ4v) is 12.1. The number of halogens is 1. The third-order valence-corrected chi connectivity index (χ3v) is 13.6. The van der Waals surface area contributed by atoms with Crippen LogP contribution in [-0.2, 0) is 18.9 Å². The van der Waals surface area contributed by atoms with E-state index in [-0.39, 0.29) is 64.0 Å². The van der Waals surface area contributed by atoms with Crippen LogP contribution < -0.4 is 5.32 Å². The molecule has 8 rings (SSSR count). The van der Waals surface area contributed by atoms with E-state index in [9.17, 15) is 19.8 Å². The number of aliphatic hydroxyl groups is 2. The minimum atomic E-state index is -1.51. The molecule has 3 N–H and O–H groups in total. The van der Waals surface area contributed by atoms with Crippen LogP contribution in [0.3, 0.4) is 0 Å². The summed E-state index contributed by atoms with van der Waals surface area (Å²) in [6.07, 6.45) is 4.17. The molecule has 1 aromatic heterocycles. The molecule has 13 heteroatoms. The molecule has 6 fully saturated rings. The number of fused-ring (bicyclic) bond motifs is 2. The molecule has 1 unspecified atom stereocenters. The number of para-hydroxylation sites is 1. The number of likely N-dealkylation sites (N-methyl/N-ethyl adjacent to an activating group) is 1. The van der Waals surface area contributed by atoms with E-state index in [1.54, 1.807) is 45.6 Å². The lowest BCUT2D eigenvalue weighted by molar-refractivity contribution is -0.337. The number of benzene rings is 1. The molecule has 1 spiro atoms. The van der Waals surface area contributed by atoms with Crippen molar-refractivity contribution in [2.45, 2.75) is 80.2 Å². The Morgan fingerprint density at radius 2 is 1.85 bits per heavy atom. The van der Waals surface area contributed by atoms with E-state index in [0.29, 0.717) is 45.2 Å². The van der Waals surface area contributed by atoms with Crippen LogP contribution in [0.1, 0.15) is 59.9 Å². The smallest absolute Gasteiger partial charge is 0.340 e. The zero-order chi connectivity index (χ0) is 33.8. The number of hydrogen-bond donors (Lipinski definition) is 3. The van der Waals surface area contributed by atoms with Crippen LogP contribution in [0, 0.1) is 29.1 Å². The number of amides is 1. The summed E-state index contributed by atoms with van der Waals surface area (Å²) in [5, 5.41) is 28.8. The van der Waals surface area contributed by atoms with Gasteiger partial charge in [-0.25, -0.2) is 14.8 Å². The first-order chi connectivity index (χ1) is 23.0. The van der Waals surface area contributed by atoms with E-state index in [1.807, 2.05) is 0 Å². The van der Waals surface area contributed by atoms with Gasteiger partial charge in [0.05, 0.1) is 42.0 Å². The number of piperidine rings is 1. The predicted octanol–water partition coefficient (Wildman–Crippen LogP) is 2.96. The van der Waals surface area contributed by atoms with Gasteiger partial charge in [0, 0.05) is 69.4 Å². The Morgan fingerprint density at radius 3 is 2.54 bits per heavy atom. The number of nitrogens with zero attached hydrogens (tertiary/aromatic N) is 3. The van der Waals surface area contributed by atoms with Gasteiger partial charge in [-0.1, -0.05) is 30.7 Å². The number of carbonyl (C=O) groups excluding carboxylic acids is 2. The quantitative estimate of drug-likeness (QED) is 0.353. The molecule has 6 aliphatic rings. The summed E-state index contributed by atoms with van der Waals surface area (Å²) in [6, 6.07) is 6.67. The maximum Gasteiger partial charge on any atom is 0.340 e. The Balaban J connectivity index is 1.20. The molecule has 2 heterocycles. The molecular weight excluding hydrogens is 640 g/mol. The van der Waals surface area contributed by atoms with Crippen molar-refractivity contribution in [2.75, 3.05) is 39.7 Å². The Hall–Kier alpha value is -2.71. The number of ether oxygens (including phenoxy) is 4. The second-order valence-electron chi connectivity index (χ2n) is 14.7. The molecule has 2 aromatic rings. The first-order valence-corrected chi connectivity index (χ1v) is 17.3. The van der Waals surface area contributed by atoms with Gasteiger partial charge < -0.3 is 34.5 Å². The number of methoxy groups -OCH3 is 3. The van der Waals surface area contributed by atoms with Crippen LogP contribution in [0.5, 0.6) is 0 Å². The fourth-order valence-electron chi connectivity index (χ4n) is 12.0. The number of esters is 1. The molecular formula is C35H43ClN4O8. The highest BCUT2D eigenvalue weighted by atomic mass is 35.5. The van der Waals surface area contributed by atoms with Crippen LogP contribution >= 0.6 is 11.6 Å². The van der Waals surface area contributed by atoms with E-state index in [1.165, 1.54) is 12.4 Å². The minimum Gasteiger partial charge on any atom is -0.454 e. The van der Waals surface area contributed by atoms with Gasteiger partial charge >= 0.3 is 5.97 Å². The van der Waals surface area contributed by atoms with Crippen molar-refractivity contribution in [3.05, 3.63) is 53.1 Å².